The van der Waals surface area contributed by atoms with Crippen LogP contribution in [0.15, 0.2) is 22.7 Å². The van der Waals surface area contributed by atoms with Crippen molar-refractivity contribution in [3.8, 4) is 5.75 Å². The summed E-state index contributed by atoms with van der Waals surface area (Å²) < 4.78 is 6.96. The van der Waals surface area contributed by atoms with Crippen LogP contribution in [-0.4, -0.2) is 55.0 Å². The molecular formula is C21H31BrN4O3. The summed E-state index contributed by atoms with van der Waals surface area (Å²) >= 11 is 3.62. The average Bonchev–Trinajstić information content (AvgIpc) is 3.40. The van der Waals surface area contributed by atoms with Crippen molar-refractivity contribution in [2.75, 3.05) is 26.2 Å². The fourth-order valence-corrected chi connectivity index (χ4v) is 4.32. The first-order valence-electron chi connectivity index (χ1n) is 10.4. The van der Waals surface area contributed by atoms with Crippen LogP contribution in [0.2, 0.25) is 0 Å². The molecule has 3 atom stereocenters. The van der Waals surface area contributed by atoms with E-state index in [-0.39, 0.29) is 29.9 Å². The van der Waals surface area contributed by atoms with E-state index in [1.54, 1.807) is 6.92 Å². The monoisotopic (exact) mass is 466 g/mol. The molecule has 8 heteroatoms. The van der Waals surface area contributed by atoms with Gasteiger partial charge >= 0.3 is 0 Å². The second kappa shape index (κ2) is 10.4. The highest BCUT2D eigenvalue weighted by Crippen LogP contribution is 2.29. The van der Waals surface area contributed by atoms with Crippen LogP contribution in [-0.2, 0) is 16.1 Å². The molecule has 0 aliphatic carbocycles. The van der Waals surface area contributed by atoms with Gasteiger partial charge in [-0.2, -0.15) is 0 Å². The lowest BCUT2D eigenvalue weighted by atomic mass is 10.0. The molecule has 1 aromatic rings. The molecule has 4 N–H and O–H groups in total. The minimum atomic E-state index is -0.358. The number of benzene rings is 1. The van der Waals surface area contributed by atoms with Crippen molar-refractivity contribution in [1.82, 2.24) is 15.5 Å². The highest BCUT2D eigenvalue weighted by atomic mass is 79.9. The number of rotatable bonds is 9. The van der Waals surface area contributed by atoms with Gasteiger partial charge in [0.1, 0.15) is 11.9 Å². The zero-order chi connectivity index (χ0) is 20.8. The lowest BCUT2D eigenvalue weighted by molar-refractivity contribution is -0.134. The van der Waals surface area contributed by atoms with Crippen molar-refractivity contribution in [2.24, 2.45) is 11.7 Å². The first kappa shape index (κ1) is 22.1. The Kier molecular flexibility index (Phi) is 7.91. The molecule has 1 aromatic carbocycles. The number of primary amides is 1. The number of nitrogens with two attached hydrogens (primary N) is 1. The Labute approximate surface area is 180 Å². The quantitative estimate of drug-likeness (QED) is 0.515. The largest absolute Gasteiger partial charge is 0.488 e. The predicted molar refractivity (Wildman–Crippen MR) is 115 cm³/mol. The number of amides is 2. The molecule has 0 unspecified atom stereocenters. The van der Waals surface area contributed by atoms with Gasteiger partial charge in [-0.1, -0.05) is 13.0 Å². The van der Waals surface area contributed by atoms with E-state index in [4.69, 9.17) is 10.5 Å². The highest BCUT2D eigenvalue weighted by Gasteiger charge is 2.27. The third-order valence-corrected chi connectivity index (χ3v) is 6.35. The standard InChI is InChI=1S/C21H31BrN4O3/c1-14(21(23)28)2-5-20(27)26(16-6-8-24-11-16)13-15-3-4-19(18(22)10-15)29-17-7-9-25-12-17/h3-4,10,14,16-17,24-25H,2,5-9,11-13H2,1H3,(H2,23,28)/t14-,16-,17+/m0/s1. The van der Waals surface area contributed by atoms with E-state index in [1.165, 1.54) is 0 Å². The first-order chi connectivity index (χ1) is 13.9. The number of carbonyl (C=O) groups excluding carboxylic acids is 2. The fraction of sp³-hybridized carbons (Fsp3) is 0.619. The minimum absolute atomic E-state index is 0.0697. The maximum Gasteiger partial charge on any atom is 0.223 e. The Morgan fingerprint density at radius 2 is 2.03 bits per heavy atom. The first-order valence-corrected chi connectivity index (χ1v) is 11.2. The molecule has 2 aliphatic heterocycles. The summed E-state index contributed by atoms with van der Waals surface area (Å²) in [6.07, 6.45) is 2.96. The number of ether oxygens (including phenoxy) is 1. The smallest absolute Gasteiger partial charge is 0.223 e. The van der Waals surface area contributed by atoms with Crippen molar-refractivity contribution in [2.45, 2.75) is 51.3 Å². The Bertz CT molecular complexity index is 718. The van der Waals surface area contributed by atoms with Gasteiger partial charge in [-0.3, -0.25) is 9.59 Å². The lowest BCUT2D eigenvalue weighted by Crippen LogP contribution is -2.41. The normalized spacial score (nSPS) is 22.4. The van der Waals surface area contributed by atoms with Gasteiger partial charge < -0.3 is 26.0 Å². The minimum Gasteiger partial charge on any atom is -0.488 e. The molecule has 7 nitrogen and oxygen atoms in total. The van der Waals surface area contributed by atoms with E-state index in [9.17, 15) is 9.59 Å². The zero-order valence-corrected chi connectivity index (χ0v) is 18.5. The SMILES string of the molecule is C[C@@H](CCC(=O)N(Cc1ccc(O[C@@H]2CCNC2)c(Br)c1)[C@H]1CCNC1)C(N)=O. The van der Waals surface area contributed by atoms with Gasteiger partial charge in [-0.25, -0.2) is 0 Å². The Hall–Kier alpha value is -1.64. The summed E-state index contributed by atoms with van der Waals surface area (Å²) in [5, 5.41) is 6.63. The second-order valence-corrected chi connectivity index (χ2v) is 8.86. The predicted octanol–water partition coefficient (Wildman–Crippen LogP) is 1.78. The molecule has 0 bridgehead atoms. The summed E-state index contributed by atoms with van der Waals surface area (Å²) in [6, 6.07) is 6.21. The van der Waals surface area contributed by atoms with Gasteiger partial charge in [0.2, 0.25) is 11.8 Å². The number of halogens is 1. The number of hydrogen-bond acceptors (Lipinski definition) is 5. The van der Waals surface area contributed by atoms with Gasteiger partial charge in [0.15, 0.2) is 0 Å². The van der Waals surface area contributed by atoms with Crippen LogP contribution in [0, 0.1) is 5.92 Å². The van der Waals surface area contributed by atoms with Gasteiger partial charge in [-0.15, -0.1) is 0 Å². The van der Waals surface area contributed by atoms with Crippen molar-refractivity contribution >= 4 is 27.7 Å². The van der Waals surface area contributed by atoms with Crippen LogP contribution < -0.4 is 21.1 Å². The second-order valence-electron chi connectivity index (χ2n) is 8.01. The number of hydrogen-bond donors (Lipinski definition) is 3. The topological polar surface area (TPSA) is 96.7 Å². The molecule has 2 aliphatic rings. The highest BCUT2D eigenvalue weighted by molar-refractivity contribution is 9.10. The average molecular weight is 467 g/mol. The molecule has 0 radical (unpaired) electrons. The third kappa shape index (κ3) is 6.17. The maximum atomic E-state index is 12.9. The fourth-order valence-electron chi connectivity index (χ4n) is 3.80. The van der Waals surface area contributed by atoms with E-state index < -0.39 is 0 Å². The van der Waals surface area contributed by atoms with E-state index in [1.807, 2.05) is 23.1 Å². The van der Waals surface area contributed by atoms with Crippen molar-refractivity contribution in [3.05, 3.63) is 28.2 Å². The van der Waals surface area contributed by atoms with Crippen LogP contribution in [0.1, 0.15) is 38.2 Å². The molecule has 3 rings (SSSR count). The lowest BCUT2D eigenvalue weighted by Gasteiger charge is -2.29. The Morgan fingerprint density at radius 3 is 2.66 bits per heavy atom. The molecule has 0 aromatic heterocycles. The molecule has 160 valence electrons. The van der Waals surface area contributed by atoms with E-state index in [0.717, 1.165) is 54.8 Å². The van der Waals surface area contributed by atoms with Gasteiger partial charge in [0, 0.05) is 38.0 Å². The van der Waals surface area contributed by atoms with Crippen LogP contribution >= 0.6 is 15.9 Å². The molecule has 29 heavy (non-hydrogen) atoms. The number of nitrogens with zero attached hydrogens (tertiary/aromatic N) is 1. The van der Waals surface area contributed by atoms with Crippen LogP contribution in [0.4, 0.5) is 0 Å². The summed E-state index contributed by atoms with van der Waals surface area (Å²) in [5.41, 5.74) is 6.39. The third-order valence-electron chi connectivity index (χ3n) is 5.73. The molecule has 2 heterocycles. The summed E-state index contributed by atoms with van der Waals surface area (Å²) in [7, 11) is 0. The van der Waals surface area contributed by atoms with E-state index >= 15 is 0 Å². The number of carbonyl (C=O) groups is 2. The van der Waals surface area contributed by atoms with Crippen molar-refractivity contribution in [3.63, 3.8) is 0 Å². The summed E-state index contributed by atoms with van der Waals surface area (Å²) in [5.74, 6) is 0.250. The van der Waals surface area contributed by atoms with Crippen LogP contribution in [0.3, 0.4) is 0 Å². The van der Waals surface area contributed by atoms with Crippen molar-refractivity contribution < 1.29 is 14.3 Å². The van der Waals surface area contributed by atoms with E-state index in [0.29, 0.717) is 19.4 Å². The molecule has 0 saturated carbocycles. The molecule has 2 saturated heterocycles. The van der Waals surface area contributed by atoms with Crippen molar-refractivity contribution in [1.29, 1.82) is 0 Å². The molecular weight excluding hydrogens is 436 g/mol. The maximum absolute atomic E-state index is 12.9. The summed E-state index contributed by atoms with van der Waals surface area (Å²) in [6.45, 7) is 5.88. The van der Waals surface area contributed by atoms with Crippen LogP contribution in [0.25, 0.3) is 0 Å². The molecule has 2 fully saturated rings. The molecule has 2 amide bonds. The van der Waals surface area contributed by atoms with Gasteiger partial charge in [0.25, 0.3) is 0 Å². The van der Waals surface area contributed by atoms with Gasteiger partial charge in [0.05, 0.1) is 4.47 Å². The summed E-state index contributed by atoms with van der Waals surface area (Å²) in [4.78, 5) is 26.2. The van der Waals surface area contributed by atoms with Crippen LogP contribution in [0.5, 0.6) is 5.75 Å². The van der Waals surface area contributed by atoms with E-state index in [2.05, 4.69) is 26.6 Å². The Morgan fingerprint density at radius 1 is 1.28 bits per heavy atom. The Balaban J connectivity index is 1.65. The number of nitrogens with one attached hydrogen (secondary N) is 2. The zero-order valence-electron chi connectivity index (χ0n) is 17.0. The molecule has 0 spiro atoms. The van der Waals surface area contributed by atoms with Gasteiger partial charge in [-0.05, 0) is 66.0 Å².